The summed E-state index contributed by atoms with van der Waals surface area (Å²) in [6.07, 6.45) is 0. The molecule has 88 valence electrons. The summed E-state index contributed by atoms with van der Waals surface area (Å²) in [5.41, 5.74) is 3.63. The largest absolute Gasteiger partial charge is 0.338 e. The number of rotatable bonds is 4. The van der Waals surface area contributed by atoms with Crippen LogP contribution in [0.5, 0.6) is 0 Å². The van der Waals surface area contributed by atoms with E-state index in [1.54, 1.807) is 4.90 Å². The van der Waals surface area contributed by atoms with Crippen LogP contribution < -0.4 is 0 Å². The van der Waals surface area contributed by atoms with E-state index in [1.165, 1.54) is 16.7 Å². The van der Waals surface area contributed by atoms with Crippen molar-refractivity contribution in [1.82, 2.24) is 4.90 Å². The van der Waals surface area contributed by atoms with E-state index >= 15 is 0 Å². The Morgan fingerprint density at radius 3 is 2.62 bits per heavy atom. The van der Waals surface area contributed by atoms with Crippen LogP contribution in [0.25, 0.3) is 0 Å². The van der Waals surface area contributed by atoms with Crippen molar-refractivity contribution < 1.29 is 4.79 Å². The second-order valence-electron chi connectivity index (χ2n) is 3.97. The molecule has 0 fully saturated rings. The molecule has 0 unspecified atom stereocenters. The summed E-state index contributed by atoms with van der Waals surface area (Å²) in [5.74, 6) is 0.0451. The number of benzene rings is 1. The Labute approximate surface area is 102 Å². The van der Waals surface area contributed by atoms with Gasteiger partial charge in [-0.2, -0.15) is 0 Å². The van der Waals surface area contributed by atoms with E-state index in [4.69, 9.17) is 11.6 Å². The SMILES string of the molecule is CCN(Cc1cc(C)ccc1C)C(=O)CCl. The van der Waals surface area contributed by atoms with E-state index in [0.29, 0.717) is 13.1 Å². The minimum absolute atomic E-state index is 0.00919. The predicted octanol–water partition coefficient (Wildman–Crippen LogP) is 2.89. The molecule has 0 aliphatic rings. The lowest BCUT2D eigenvalue weighted by molar-refractivity contribution is -0.128. The Bertz CT molecular complexity index is 376. The van der Waals surface area contributed by atoms with Gasteiger partial charge in [0.15, 0.2) is 0 Å². The fourth-order valence-electron chi connectivity index (χ4n) is 1.64. The summed E-state index contributed by atoms with van der Waals surface area (Å²) in [5, 5.41) is 0. The molecule has 3 heteroatoms. The third-order valence-electron chi connectivity index (χ3n) is 2.71. The average Bonchev–Trinajstić information content (AvgIpc) is 2.29. The molecule has 0 spiro atoms. The third-order valence-corrected chi connectivity index (χ3v) is 2.94. The first kappa shape index (κ1) is 13.0. The number of carbonyl (C=O) groups is 1. The van der Waals surface area contributed by atoms with Crippen LogP contribution in [0.15, 0.2) is 18.2 Å². The quantitative estimate of drug-likeness (QED) is 0.740. The molecule has 0 bridgehead atoms. The van der Waals surface area contributed by atoms with Gasteiger partial charge in [-0.3, -0.25) is 4.79 Å². The van der Waals surface area contributed by atoms with Crippen LogP contribution in [-0.2, 0) is 11.3 Å². The lowest BCUT2D eigenvalue weighted by atomic mass is 10.1. The molecule has 2 nitrogen and oxygen atoms in total. The highest BCUT2D eigenvalue weighted by molar-refractivity contribution is 6.27. The molecule has 0 N–H and O–H groups in total. The number of alkyl halides is 1. The monoisotopic (exact) mass is 239 g/mol. The Hall–Kier alpha value is -1.02. The molecule has 0 saturated heterocycles. The molecule has 1 rings (SSSR count). The van der Waals surface area contributed by atoms with Crippen molar-refractivity contribution in [3.63, 3.8) is 0 Å². The summed E-state index contributed by atoms with van der Waals surface area (Å²) in [4.78, 5) is 13.3. The minimum atomic E-state index is -0.00919. The minimum Gasteiger partial charge on any atom is -0.338 e. The molecule has 16 heavy (non-hydrogen) atoms. The zero-order chi connectivity index (χ0) is 12.1. The van der Waals surface area contributed by atoms with E-state index in [-0.39, 0.29) is 11.8 Å². The van der Waals surface area contributed by atoms with Gasteiger partial charge < -0.3 is 4.90 Å². The Morgan fingerprint density at radius 2 is 2.06 bits per heavy atom. The number of halogens is 1. The summed E-state index contributed by atoms with van der Waals surface area (Å²) < 4.78 is 0. The standard InChI is InChI=1S/C13H18ClNO/c1-4-15(13(16)8-14)9-12-7-10(2)5-6-11(12)3/h5-7H,4,8-9H2,1-3H3. The van der Waals surface area contributed by atoms with E-state index in [0.717, 1.165) is 0 Å². The highest BCUT2D eigenvalue weighted by Gasteiger charge is 2.11. The van der Waals surface area contributed by atoms with E-state index < -0.39 is 0 Å². The summed E-state index contributed by atoms with van der Waals surface area (Å²) in [6.45, 7) is 7.43. The van der Waals surface area contributed by atoms with Gasteiger partial charge in [0.2, 0.25) is 5.91 Å². The van der Waals surface area contributed by atoms with Gasteiger partial charge in [-0.15, -0.1) is 11.6 Å². The molecule has 0 aliphatic carbocycles. The van der Waals surface area contributed by atoms with Crippen molar-refractivity contribution in [2.75, 3.05) is 12.4 Å². The summed E-state index contributed by atoms with van der Waals surface area (Å²) >= 11 is 5.57. The van der Waals surface area contributed by atoms with Gasteiger partial charge in [0.05, 0.1) is 0 Å². The van der Waals surface area contributed by atoms with Gasteiger partial charge in [0, 0.05) is 13.1 Å². The molecule has 0 heterocycles. The normalized spacial score (nSPS) is 10.2. The van der Waals surface area contributed by atoms with Gasteiger partial charge in [0.25, 0.3) is 0 Å². The number of hydrogen-bond acceptors (Lipinski definition) is 1. The van der Waals surface area contributed by atoms with E-state index in [9.17, 15) is 4.79 Å². The van der Waals surface area contributed by atoms with Crippen LogP contribution >= 0.6 is 11.6 Å². The number of amides is 1. The van der Waals surface area contributed by atoms with Crippen LogP contribution in [0, 0.1) is 13.8 Å². The molecule has 0 atom stereocenters. The van der Waals surface area contributed by atoms with Crippen molar-refractivity contribution in [3.8, 4) is 0 Å². The lowest BCUT2D eigenvalue weighted by Crippen LogP contribution is -2.31. The summed E-state index contributed by atoms with van der Waals surface area (Å²) in [7, 11) is 0. The van der Waals surface area contributed by atoms with Crippen molar-refractivity contribution in [3.05, 3.63) is 34.9 Å². The maximum Gasteiger partial charge on any atom is 0.237 e. The van der Waals surface area contributed by atoms with Crippen LogP contribution in [-0.4, -0.2) is 23.2 Å². The number of carbonyl (C=O) groups excluding carboxylic acids is 1. The summed E-state index contributed by atoms with van der Waals surface area (Å²) in [6, 6.07) is 6.29. The van der Waals surface area contributed by atoms with Gasteiger partial charge >= 0.3 is 0 Å². The highest BCUT2D eigenvalue weighted by Crippen LogP contribution is 2.13. The Kier molecular flexibility index (Phi) is 4.81. The van der Waals surface area contributed by atoms with Crippen molar-refractivity contribution in [1.29, 1.82) is 0 Å². The molecule has 1 aromatic carbocycles. The topological polar surface area (TPSA) is 20.3 Å². The highest BCUT2D eigenvalue weighted by atomic mass is 35.5. The maximum absolute atomic E-state index is 11.5. The number of aryl methyl sites for hydroxylation is 2. The van der Waals surface area contributed by atoms with Gasteiger partial charge in [-0.05, 0) is 31.9 Å². The Morgan fingerprint density at radius 1 is 1.38 bits per heavy atom. The zero-order valence-electron chi connectivity index (χ0n) is 10.1. The third kappa shape index (κ3) is 3.24. The van der Waals surface area contributed by atoms with Crippen LogP contribution in [0.1, 0.15) is 23.6 Å². The number of hydrogen-bond donors (Lipinski definition) is 0. The van der Waals surface area contributed by atoms with Crippen molar-refractivity contribution in [2.45, 2.75) is 27.3 Å². The fraction of sp³-hybridized carbons (Fsp3) is 0.462. The molecule has 1 amide bonds. The zero-order valence-corrected chi connectivity index (χ0v) is 10.8. The van der Waals surface area contributed by atoms with Crippen molar-refractivity contribution >= 4 is 17.5 Å². The molecule has 1 aromatic rings. The van der Waals surface area contributed by atoms with Crippen LogP contribution in [0.3, 0.4) is 0 Å². The Balaban J connectivity index is 2.85. The van der Waals surface area contributed by atoms with E-state index in [1.807, 2.05) is 6.92 Å². The molecule has 0 radical (unpaired) electrons. The second-order valence-corrected chi connectivity index (χ2v) is 4.24. The van der Waals surface area contributed by atoms with Crippen LogP contribution in [0.4, 0.5) is 0 Å². The van der Waals surface area contributed by atoms with Gasteiger partial charge in [0.1, 0.15) is 5.88 Å². The predicted molar refractivity (Wildman–Crippen MR) is 67.7 cm³/mol. The van der Waals surface area contributed by atoms with E-state index in [2.05, 4.69) is 32.0 Å². The molecular formula is C13H18ClNO. The van der Waals surface area contributed by atoms with Gasteiger partial charge in [-0.1, -0.05) is 23.8 Å². The van der Waals surface area contributed by atoms with Crippen LogP contribution in [0.2, 0.25) is 0 Å². The smallest absolute Gasteiger partial charge is 0.237 e. The molecule has 0 saturated carbocycles. The molecule has 0 aliphatic heterocycles. The average molecular weight is 240 g/mol. The molecular weight excluding hydrogens is 222 g/mol. The first-order valence-electron chi connectivity index (χ1n) is 5.48. The maximum atomic E-state index is 11.5. The fourth-order valence-corrected chi connectivity index (χ4v) is 1.81. The second kappa shape index (κ2) is 5.90. The molecule has 0 aromatic heterocycles. The lowest BCUT2D eigenvalue weighted by Gasteiger charge is -2.21. The first-order valence-corrected chi connectivity index (χ1v) is 6.01. The number of nitrogens with zero attached hydrogens (tertiary/aromatic N) is 1. The first-order chi connectivity index (χ1) is 7.58. The van der Waals surface area contributed by atoms with Crippen molar-refractivity contribution in [2.24, 2.45) is 0 Å². The van der Waals surface area contributed by atoms with Gasteiger partial charge in [-0.25, -0.2) is 0 Å².